The fraction of sp³-hybridized carbons (Fsp3) is 0.204. The van der Waals surface area contributed by atoms with Crippen LogP contribution >= 0.6 is 62.3 Å². The number of hydrogen-bond acceptors (Lipinski definition) is 16. The Hall–Kier alpha value is -6.39. The van der Waals surface area contributed by atoms with E-state index in [-0.39, 0.29) is 76.3 Å². The van der Waals surface area contributed by atoms with Crippen molar-refractivity contribution in [2.75, 3.05) is 17.7 Å². The van der Waals surface area contributed by atoms with Crippen LogP contribution in [0.3, 0.4) is 0 Å². The van der Waals surface area contributed by atoms with Gasteiger partial charge in [-0.3, -0.25) is 43.7 Å². The number of fused-ring (bicyclic) bond motifs is 2. The SMILES string of the molecule is C.CC(=O)c1ccc(CO)nc1.CC(=O)c1ccc(CO)nc1.CC=O.COc1ccc(C(=O)CC2(O)C(=O)Nc3c(Cl)ccc(Cl)c32)cn1.O=C1Nc2c(Cl)ccc(Cl)c2C1=O.OCc1ccc(Br)cn1. The molecule has 6 aromatic rings. The van der Waals surface area contributed by atoms with Gasteiger partial charge in [0.1, 0.15) is 6.29 Å². The van der Waals surface area contributed by atoms with E-state index in [0.29, 0.717) is 44.8 Å². The van der Waals surface area contributed by atoms with E-state index >= 15 is 0 Å². The highest BCUT2D eigenvalue weighted by molar-refractivity contribution is 9.10. The number of aliphatic hydroxyl groups excluding tert-OH is 3. The number of aldehydes is 1. The number of aliphatic hydroxyl groups is 4. The van der Waals surface area contributed by atoms with Crippen LogP contribution in [-0.4, -0.2) is 88.7 Å². The molecule has 0 aliphatic carbocycles. The molecule has 18 nitrogen and oxygen atoms in total. The molecule has 0 bridgehead atoms. The van der Waals surface area contributed by atoms with E-state index in [1.807, 2.05) is 6.07 Å². The Balaban J connectivity index is 0.000000319. The Bertz CT molecular complexity index is 2800. The smallest absolute Gasteiger partial charge is 0.296 e. The molecule has 72 heavy (non-hydrogen) atoms. The third-order valence-electron chi connectivity index (χ3n) is 9.33. The van der Waals surface area contributed by atoms with Crippen molar-refractivity contribution in [3.05, 3.63) is 167 Å². The molecule has 0 saturated carbocycles. The zero-order valence-electron chi connectivity index (χ0n) is 37.9. The number of hydrogen-bond donors (Lipinski definition) is 6. The molecule has 0 saturated heterocycles. The summed E-state index contributed by atoms with van der Waals surface area (Å²) >= 11 is 26.8. The quantitative estimate of drug-likeness (QED) is 0.0448. The monoisotopic (exact) mass is 1130 g/mol. The molecular weight excluding hydrogens is 1090 g/mol. The van der Waals surface area contributed by atoms with Gasteiger partial charge in [0.25, 0.3) is 17.6 Å². The number of nitrogens with one attached hydrogen (secondary N) is 2. The molecule has 2 aliphatic rings. The molecule has 0 radical (unpaired) electrons. The van der Waals surface area contributed by atoms with Crippen molar-refractivity contribution < 1.29 is 58.7 Å². The van der Waals surface area contributed by atoms with Crippen LogP contribution in [0.1, 0.15) is 98.7 Å². The summed E-state index contributed by atoms with van der Waals surface area (Å²) in [5.41, 5.74) is 1.95. The van der Waals surface area contributed by atoms with Crippen LogP contribution < -0.4 is 15.4 Å². The molecule has 2 aliphatic heterocycles. The summed E-state index contributed by atoms with van der Waals surface area (Å²) in [5.74, 6) is -2.21. The Labute approximate surface area is 441 Å². The minimum atomic E-state index is -2.09. The van der Waals surface area contributed by atoms with Gasteiger partial charge in [-0.1, -0.05) is 53.8 Å². The average molecular weight is 1130 g/mol. The van der Waals surface area contributed by atoms with Crippen LogP contribution in [0.15, 0.2) is 102 Å². The van der Waals surface area contributed by atoms with Gasteiger partial charge in [0.15, 0.2) is 23.0 Å². The number of amides is 2. The lowest BCUT2D eigenvalue weighted by Gasteiger charge is -2.21. The Morgan fingerprint density at radius 1 is 0.653 bits per heavy atom. The number of benzene rings is 2. The van der Waals surface area contributed by atoms with Gasteiger partial charge in [-0.05, 0) is 103 Å². The number of ketones is 4. The summed E-state index contributed by atoms with van der Waals surface area (Å²) in [6, 6.07) is 19.2. The van der Waals surface area contributed by atoms with Gasteiger partial charge >= 0.3 is 0 Å². The fourth-order valence-corrected chi connectivity index (χ4v) is 6.91. The third-order valence-corrected chi connectivity index (χ3v) is 11.1. The van der Waals surface area contributed by atoms with Crippen LogP contribution in [0.5, 0.6) is 5.88 Å². The Morgan fingerprint density at radius 2 is 1.10 bits per heavy atom. The predicted molar refractivity (Wildman–Crippen MR) is 275 cm³/mol. The standard InChI is InChI=1S/C16H12Cl2N2O4.C8H3Cl2NO2.2C8H9NO2.C6H6BrNO.C2H4O.CH4/c1-24-12-5-2-8(7-19-12)11(21)6-16(23)13-9(17)3-4-10(18)14(13)20-15(16)22;9-3-1-2-4(10)6-5(3)7(12)8(13)11-6;2*1-6(11)7-2-3-8(5-10)9-4-7;7-5-1-2-6(4-9)8-3-5;1-2-3;/h2-5,7,23H,6H2,1H3,(H,20,22);1-2H,(H,11,12,13);2*2-4,10H,5H2,1H3;1-3,9H,4H2;2H,1H3;1H4. The molecular formula is C49H47BrCl4N6O12. The van der Waals surface area contributed by atoms with Crippen molar-refractivity contribution in [3.8, 4) is 5.88 Å². The lowest BCUT2D eigenvalue weighted by molar-refractivity contribution is -0.133. The van der Waals surface area contributed by atoms with Gasteiger partial charge in [0, 0.05) is 62.6 Å². The van der Waals surface area contributed by atoms with Crippen LogP contribution in [-0.2, 0) is 39.8 Å². The Kier molecular flexibility index (Phi) is 25.6. The van der Waals surface area contributed by atoms with Gasteiger partial charge in [0.2, 0.25) is 5.88 Å². The summed E-state index contributed by atoms with van der Waals surface area (Å²) in [6.07, 6.45) is 6.17. The molecule has 4 aromatic heterocycles. The van der Waals surface area contributed by atoms with Gasteiger partial charge in [-0.15, -0.1) is 0 Å². The molecule has 8 rings (SSSR count). The first kappa shape index (κ1) is 61.7. The number of anilines is 2. The van der Waals surface area contributed by atoms with Crippen molar-refractivity contribution in [1.82, 2.24) is 19.9 Å². The number of pyridine rings is 4. The van der Waals surface area contributed by atoms with Crippen LogP contribution in [0.2, 0.25) is 20.1 Å². The van der Waals surface area contributed by atoms with Gasteiger partial charge < -0.3 is 40.6 Å². The second kappa shape index (κ2) is 29.8. The number of halogens is 5. The van der Waals surface area contributed by atoms with E-state index in [2.05, 4.69) is 46.5 Å². The van der Waals surface area contributed by atoms with E-state index in [4.69, 9.17) is 71.3 Å². The van der Waals surface area contributed by atoms with E-state index in [1.165, 1.54) is 82.9 Å². The number of Topliss-reactive ketones (excluding diaryl/α,β-unsaturated/α-hetero) is 4. The lowest BCUT2D eigenvalue weighted by Crippen LogP contribution is -2.36. The molecule has 1 unspecified atom stereocenters. The Morgan fingerprint density at radius 3 is 1.50 bits per heavy atom. The first-order valence-electron chi connectivity index (χ1n) is 20.3. The molecule has 2 aromatic carbocycles. The van der Waals surface area contributed by atoms with E-state index < -0.39 is 35.4 Å². The second-order valence-electron chi connectivity index (χ2n) is 14.2. The topological polar surface area (TPSA) is 285 Å². The lowest BCUT2D eigenvalue weighted by atomic mass is 9.88. The minimum Gasteiger partial charge on any atom is -0.481 e. The minimum absolute atomic E-state index is 0. The second-order valence-corrected chi connectivity index (χ2v) is 16.8. The molecule has 23 heteroatoms. The van der Waals surface area contributed by atoms with E-state index in [0.717, 1.165) is 10.8 Å². The average Bonchev–Trinajstić information content (AvgIpc) is 3.83. The number of aromatic nitrogens is 4. The third kappa shape index (κ3) is 17.1. The normalized spacial score (nSPS) is 13.2. The van der Waals surface area contributed by atoms with Gasteiger partial charge in [-0.2, -0.15) is 0 Å². The molecule has 2 amide bonds. The molecule has 6 N–H and O–H groups in total. The van der Waals surface area contributed by atoms with Crippen molar-refractivity contribution in [3.63, 3.8) is 0 Å². The van der Waals surface area contributed by atoms with E-state index in [1.54, 1.807) is 36.5 Å². The molecule has 1 atom stereocenters. The van der Waals surface area contributed by atoms with Crippen LogP contribution in [0.4, 0.5) is 11.4 Å². The number of methoxy groups -OCH3 is 1. The largest absolute Gasteiger partial charge is 0.481 e. The maximum absolute atomic E-state index is 12.5. The van der Waals surface area contributed by atoms with Gasteiger partial charge in [-0.25, -0.2) is 4.98 Å². The summed E-state index contributed by atoms with van der Waals surface area (Å²) in [5, 5.41) is 42.4. The summed E-state index contributed by atoms with van der Waals surface area (Å²) in [4.78, 5) is 92.7. The number of ether oxygens (including phenoxy) is 1. The molecule has 6 heterocycles. The maximum Gasteiger partial charge on any atom is 0.296 e. The highest BCUT2D eigenvalue weighted by Gasteiger charge is 2.49. The maximum atomic E-state index is 12.5. The molecule has 0 fully saturated rings. The number of carbonyl (C=O) groups excluding carboxylic acids is 7. The van der Waals surface area contributed by atoms with E-state index in [9.17, 15) is 33.9 Å². The molecule has 0 spiro atoms. The summed E-state index contributed by atoms with van der Waals surface area (Å²) < 4.78 is 5.86. The first-order chi connectivity index (χ1) is 33.7. The number of carbonyl (C=O) groups is 7. The van der Waals surface area contributed by atoms with Gasteiger partial charge in [0.05, 0.1) is 82.4 Å². The fourth-order valence-electron chi connectivity index (χ4n) is 5.71. The van der Waals surface area contributed by atoms with Crippen LogP contribution in [0, 0.1) is 0 Å². The predicted octanol–water partition coefficient (Wildman–Crippen LogP) is 8.67. The molecule has 380 valence electrons. The van der Waals surface area contributed by atoms with Crippen molar-refractivity contribution in [2.24, 2.45) is 0 Å². The number of rotatable bonds is 9. The highest BCUT2D eigenvalue weighted by Crippen LogP contribution is 2.46. The summed E-state index contributed by atoms with van der Waals surface area (Å²) in [7, 11) is 1.46. The highest BCUT2D eigenvalue weighted by atomic mass is 79.9. The van der Waals surface area contributed by atoms with Crippen molar-refractivity contribution in [2.45, 2.75) is 60.0 Å². The zero-order chi connectivity index (χ0) is 53.0. The van der Waals surface area contributed by atoms with Crippen molar-refractivity contribution in [1.29, 1.82) is 0 Å². The number of nitrogens with zero attached hydrogens (tertiary/aromatic N) is 4. The first-order valence-corrected chi connectivity index (χ1v) is 22.6. The summed E-state index contributed by atoms with van der Waals surface area (Å²) in [6.45, 7) is 4.24. The zero-order valence-corrected chi connectivity index (χ0v) is 42.5. The van der Waals surface area contributed by atoms with Crippen LogP contribution in [0.25, 0.3) is 0 Å². The van der Waals surface area contributed by atoms with Crippen molar-refractivity contribution >= 4 is 115 Å².